The summed E-state index contributed by atoms with van der Waals surface area (Å²) < 4.78 is 5.38. The van der Waals surface area contributed by atoms with E-state index in [1.54, 1.807) is 12.1 Å². The fourth-order valence-electron chi connectivity index (χ4n) is 2.56. The second kappa shape index (κ2) is 5.19. The highest BCUT2D eigenvalue weighted by molar-refractivity contribution is 5.75. The Morgan fingerprint density at radius 2 is 2.10 bits per heavy atom. The normalized spacial score (nSPS) is 29.1. The SMILES string of the molecule is Cc1ccc2cc([C@@H]3O[C@H](CO)C(O)C3O)c(=O)[nH]c2n1. The Morgan fingerprint density at radius 1 is 1.33 bits per heavy atom. The van der Waals surface area contributed by atoms with Crippen molar-refractivity contribution in [1.29, 1.82) is 0 Å². The molecule has 4 N–H and O–H groups in total. The summed E-state index contributed by atoms with van der Waals surface area (Å²) in [6, 6.07) is 5.20. The van der Waals surface area contributed by atoms with Gasteiger partial charge < -0.3 is 25.0 Å². The van der Waals surface area contributed by atoms with Gasteiger partial charge in [-0.2, -0.15) is 0 Å². The molecule has 4 atom stereocenters. The Kier molecular flexibility index (Phi) is 3.50. The summed E-state index contributed by atoms with van der Waals surface area (Å²) in [6.45, 7) is 1.39. The summed E-state index contributed by atoms with van der Waals surface area (Å²) >= 11 is 0. The molecule has 0 aliphatic carbocycles. The van der Waals surface area contributed by atoms with E-state index in [1.807, 2.05) is 13.0 Å². The number of aryl methyl sites for hydroxylation is 1. The number of nitrogens with zero attached hydrogens (tertiary/aromatic N) is 1. The smallest absolute Gasteiger partial charge is 0.255 e. The average Bonchev–Trinajstić information content (AvgIpc) is 2.74. The molecule has 0 aromatic carbocycles. The van der Waals surface area contributed by atoms with Crippen molar-refractivity contribution in [2.75, 3.05) is 6.61 Å². The van der Waals surface area contributed by atoms with Crippen LogP contribution in [0.1, 0.15) is 17.4 Å². The first-order valence-corrected chi connectivity index (χ1v) is 6.64. The minimum Gasteiger partial charge on any atom is -0.394 e. The number of aromatic amines is 1. The Labute approximate surface area is 119 Å². The molecular weight excluding hydrogens is 276 g/mol. The van der Waals surface area contributed by atoms with Crippen molar-refractivity contribution in [3.05, 3.63) is 39.8 Å². The Bertz CT molecular complexity index is 729. The monoisotopic (exact) mass is 292 g/mol. The maximum absolute atomic E-state index is 12.1. The zero-order chi connectivity index (χ0) is 15.1. The zero-order valence-corrected chi connectivity index (χ0v) is 11.4. The fraction of sp³-hybridized carbons (Fsp3) is 0.429. The second-order valence-electron chi connectivity index (χ2n) is 5.20. The van der Waals surface area contributed by atoms with Crippen LogP contribution in [-0.2, 0) is 4.74 Å². The van der Waals surface area contributed by atoms with Crippen molar-refractivity contribution in [2.24, 2.45) is 0 Å². The van der Waals surface area contributed by atoms with E-state index in [1.165, 1.54) is 0 Å². The molecule has 7 heteroatoms. The highest BCUT2D eigenvalue weighted by Crippen LogP contribution is 2.32. The Morgan fingerprint density at radius 3 is 2.76 bits per heavy atom. The summed E-state index contributed by atoms with van der Waals surface area (Å²) in [5.41, 5.74) is 1.00. The molecule has 112 valence electrons. The van der Waals surface area contributed by atoms with Crippen LogP contribution in [-0.4, -0.2) is 50.2 Å². The van der Waals surface area contributed by atoms with Gasteiger partial charge in [-0.3, -0.25) is 4.79 Å². The number of nitrogens with one attached hydrogen (secondary N) is 1. The van der Waals surface area contributed by atoms with Crippen molar-refractivity contribution in [1.82, 2.24) is 9.97 Å². The van der Waals surface area contributed by atoms with Crippen LogP contribution < -0.4 is 5.56 Å². The molecule has 21 heavy (non-hydrogen) atoms. The number of pyridine rings is 2. The lowest BCUT2D eigenvalue weighted by atomic mass is 10.0. The molecule has 0 amide bonds. The van der Waals surface area contributed by atoms with E-state index in [4.69, 9.17) is 9.84 Å². The third kappa shape index (κ3) is 2.34. The van der Waals surface area contributed by atoms with E-state index >= 15 is 0 Å². The largest absolute Gasteiger partial charge is 0.394 e. The van der Waals surface area contributed by atoms with Crippen LogP contribution >= 0.6 is 0 Å². The summed E-state index contributed by atoms with van der Waals surface area (Å²) in [5.74, 6) is 0. The molecule has 1 aliphatic rings. The number of fused-ring (bicyclic) bond motifs is 1. The van der Waals surface area contributed by atoms with Crippen molar-refractivity contribution < 1.29 is 20.1 Å². The van der Waals surface area contributed by atoms with Crippen LogP contribution in [0.4, 0.5) is 0 Å². The number of aliphatic hydroxyl groups excluding tert-OH is 3. The van der Waals surface area contributed by atoms with Gasteiger partial charge in [0.05, 0.1) is 6.61 Å². The summed E-state index contributed by atoms with van der Waals surface area (Å²) in [6.07, 6.45) is -4.38. The third-order valence-corrected chi connectivity index (χ3v) is 3.72. The standard InChI is InChI=1S/C14H16N2O5/c1-6-2-3-7-4-8(14(20)16-13(7)15-6)12-11(19)10(18)9(5-17)21-12/h2-4,9-12,17-19H,5H2,1H3,(H,15,16,20)/t9-,10?,11?,12+/m1/s1. The van der Waals surface area contributed by atoms with Crippen LogP contribution in [0, 0.1) is 6.92 Å². The first-order chi connectivity index (χ1) is 10.0. The molecule has 0 spiro atoms. The molecule has 0 bridgehead atoms. The van der Waals surface area contributed by atoms with Gasteiger partial charge in [-0.1, -0.05) is 0 Å². The minimum atomic E-state index is -1.26. The molecule has 1 saturated heterocycles. The molecule has 0 radical (unpaired) electrons. The van der Waals surface area contributed by atoms with Gasteiger partial charge in [0.2, 0.25) is 0 Å². The fourth-order valence-corrected chi connectivity index (χ4v) is 2.56. The Balaban J connectivity index is 2.07. The first-order valence-electron chi connectivity index (χ1n) is 6.64. The van der Waals surface area contributed by atoms with Gasteiger partial charge in [0.25, 0.3) is 5.56 Å². The summed E-state index contributed by atoms with van der Waals surface area (Å²) in [5, 5.41) is 29.6. The molecule has 0 saturated carbocycles. The van der Waals surface area contributed by atoms with Crippen LogP contribution in [0.3, 0.4) is 0 Å². The molecular formula is C14H16N2O5. The lowest BCUT2D eigenvalue weighted by Gasteiger charge is -2.14. The van der Waals surface area contributed by atoms with Gasteiger partial charge in [0, 0.05) is 16.6 Å². The number of aliphatic hydroxyl groups is 3. The Hall–Kier alpha value is -1.80. The number of rotatable bonds is 2. The predicted octanol–water partition coefficient (Wildman–Crippen LogP) is -0.614. The third-order valence-electron chi connectivity index (χ3n) is 3.72. The molecule has 2 aromatic heterocycles. The molecule has 3 rings (SSSR count). The molecule has 3 heterocycles. The molecule has 1 aliphatic heterocycles. The van der Waals surface area contributed by atoms with Gasteiger partial charge >= 0.3 is 0 Å². The van der Waals surface area contributed by atoms with Gasteiger partial charge in [-0.25, -0.2) is 4.98 Å². The van der Waals surface area contributed by atoms with E-state index < -0.39 is 36.6 Å². The van der Waals surface area contributed by atoms with Crippen molar-refractivity contribution in [2.45, 2.75) is 31.3 Å². The first kappa shape index (κ1) is 14.2. The number of aromatic nitrogens is 2. The number of ether oxygens (including phenoxy) is 1. The van der Waals surface area contributed by atoms with Gasteiger partial charge in [-0.05, 0) is 25.1 Å². The van der Waals surface area contributed by atoms with Gasteiger partial charge in [0.15, 0.2) is 0 Å². The van der Waals surface area contributed by atoms with E-state index in [0.29, 0.717) is 11.0 Å². The predicted molar refractivity (Wildman–Crippen MR) is 73.8 cm³/mol. The average molecular weight is 292 g/mol. The maximum Gasteiger partial charge on any atom is 0.255 e. The van der Waals surface area contributed by atoms with E-state index in [9.17, 15) is 15.0 Å². The quantitative estimate of drug-likeness (QED) is 0.586. The summed E-state index contributed by atoms with van der Waals surface area (Å²) in [4.78, 5) is 19.0. The highest BCUT2D eigenvalue weighted by Gasteiger charge is 2.44. The second-order valence-corrected chi connectivity index (χ2v) is 5.20. The summed E-state index contributed by atoms with van der Waals surface area (Å²) in [7, 11) is 0. The lowest BCUT2D eigenvalue weighted by Crippen LogP contribution is -2.33. The number of H-pyrrole nitrogens is 1. The van der Waals surface area contributed by atoms with Crippen molar-refractivity contribution in [3.63, 3.8) is 0 Å². The van der Waals surface area contributed by atoms with Crippen molar-refractivity contribution in [3.8, 4) is 0 Å². The van der Waals surface area contributed by atoms with E-state index in [0.717, 1.165) is 5.69 Å². The van der Waals surface area contributed by atoms with Crippen LogP contribution in [0.2, 0.25) is 0 Å². The maximum atomic E-state index is 12.1. The van der Waals surface area contributed by atoms with Gasteiger partial charge in [-0.15, -0.1) is 0 Å². The molecule has 2 aromatic rings. The highest BCUT2D eigenvalue weighted by atomic mass is 16.6. The minimum absolute atomic E-state index is 0.204. The van der Waals surface area contributed by atoms with Crippen LogP contribution in [0.15, 0.2) is 23.0 Å². The van der Waals surface area contributed by atoms with Gasteiger partial charge in [0.1, 0.15) is 30.1 Å². The van der Waals surface area contributed by atoms with Crippen molar-refractivity contribution >= 4 is 11.0 Å². The zero-order valence-electron chi connectivity index (χ0n) is 11.4. The number of hydrogen-bond donors (Lipinski definition) is 4. The van der Waals surface area contributed by atoms with Crippen LogP contribution in [0.5, 0.6) is 0 Å². The lowest BCUT2D eigenvalue weighted by molar-refractivity contribution is -0.0231. The number of hydrogen-bond acceptors (Lipinski definition) is 6. The van der Waals surface area contributed by atoms with Crippen LogP contribution in [0.25, 0.3) is 11.0 Å². The molecule has 7 nitrogen and oxygen atoms in total. The molecule has 2 unspecified atom stereocenters. The topological polar surface area (TPSA) is 116 Å². The molecule has 1 fully saturated rings. The van der Waals surface area contributed by atoms with E-state index in [2.05, 4.69) is 9.97 Å². The van der Waals surface area contributed by atoms with E-state index in [-0.39, 0.29) is 5.56 Å².